The predicted octanol–water partition coefficient (Wildman–Crippen LogP) is 3.57. The molecule has 8 heteroatoms. The van der Waals surface area contributed by atoms with Crippen molar-refractivity contribution in [3.8, 4) is 6.07 Å². The zero-order valence-corrected chi connectivity index (χ0v) is 12.2. The lowest BCUT2D eigenvalue weighted by atomic mass is 10.0. The predicted molar refractivity (Wildman–Crippen MR) is 75.3 cm³/mol. The van der Waals surface area contributed by atoms with Crippen LogP contribution in [0.25, 0.3) is 0 Å². The van der Waals surface area contributed by atoms with Gasteiger partial charge in [0.2, 0.25) is 0 Å². The van der Waals surface area contributed by atoms with Crippen LogP contribution in [0.15, 0.2) is 34.8 Å². The summed E-state index contributed by atoms with van der Waals surface area (Å²) >= 11 is 14.6. The Hall–Kier alpha value is -1.42. The van der Waals surface area contributed by atoms with E-state index in [1.165, 1.54) is 12.1 Å². The molecule has 0 bridgehead atoms. The Kier molecular flexibility index (Phi) is 3.63. The number of benzene rings is 1. The number of aliphatic imine (C=N–C) groups is 1. The average Bonchev–Trinajstić information content (AvgIpc) is 2.72. The van der Waals surface area contributed by atoms with E-state index < -0.39 is 9.50 Å². The van der Waals surface area contributed by atoms with Gasteiger partial charge in [-0.15, -0.1) is 0 Å². The fourth-order valence-electron chi connectivity index (χ4n) is 1.54. The normalized spacial score (nSPS) is 21.6. The van der Waals surface area contributed by atoms with Crippen LogP contribution in [0.1, 0.15) is 5.56 Å². The van der Waals surface area contributed by atoms with Crippen LogP contribution >= 0.6 is 39.1 Å². The lowest BCUT2D eigenvalue weighted by molar-refractivity contribution is -0.519. The second-order valence-electron chi connectivity index (χ2n) is 3.65. The van der Waals surface area contributed by atoms with Crippen LogP contribution in [0.2, 0.25) is 10.0 Å². The molecule has 0 amide bonds. The summed E-state index contributed by atoms with van der Waals surface area (Å²) in [5, 5.41) is 20.6. The van der Waals surface area contributed by atoms with E-state index in [9.17, 15) is 10.1 Å². The highest BCUT2D eigenvalue weighted by Gasteiger charge is 2.43. The van der Waals surface area contributed by atoms with Crippen LogP contribution < -0.4 is 0 Å². The van der Waals surface area contributed by atoms with E-state index in [0.717, 1.165) is 6.08 Å². The van der Waals surface area contributed by atoms with Crippen LogP contribution in [-0.4, -0.2) is 15.2 Å². The Morgan fingerprint density at radius 3 is 2.63 bits per heavy atom. The molecule has 0 fully saturated rings. The van der Waals surface area contributed by atoms with E-state index in [1.54, 1.807) is 6.07 Å². The van der Waals surface area contributed by atoms with E-state index in [-0.39, 0.29) is 16.3 Å². The highest BCUT2D eigenvalue weighted by molar-refractivity contribution is 9.10. The molecule has 1 atom stereocenters. The molecule has 1 aromatic carbocycles. The Labute approximate surface area is 126 Å². The van der Waals surface area contributed by atoms with Crippen LogP contribution in [0.4, 0.5) is 0 Å². The van der Waals surface area contributed by atoms with Gasteiger partial charge in [-0.05, 0) is 12.1 Å². The average molecular weight is 361 g/mol. The van der Waals surface area contributed by atoms with Crippen molar-refractivity contribution in [2.75, 3.05) is 0 Å². The van der Waals surface area contributed by atoms with Crippen molar-refractivity contribution in [3.05, 3.63) is 55.6 Å². The number of halogens is 3. The minimum Gasteiger partial charge on any atom is -0.261 e. The molecule has 1 unspecified atom stereocenters. The number of allylic oxidation sites excluding steroid dienone is 1. The van der Waals surface area contributed by atoms with E-state index in [1.807, 2.05) is 6.07 Å². The fourth-order valence-corrected chi connectivity index (χ4v) is 2.25. The van der Waals surface area contributed by atoms with Gasteiger partial charge in [0.1, 0.15) is 6.07 Å². The molecule has 1 heterocycles. The summed E-state index contributed by atoms with van der Waals surface area (Å²) < 4.78 is -1.81. The van der Waals surface area contributed by atoms with Crippen molar-refractivity contribution in [1.82, 2.24) is 0 Å². The molecule has 2 rings (SSSR count). The van der Waals surface area contributed by atoms with Crippen LogP contribution in [0, 0.1) is 21.4 Å². The van der Waals surface area contributed by atoms with Crippen LogP contribution in [-0.2, 0) is 0 Å². The molecular formula is C11H4BrCl2N3O2. The summed E-state index contributed by atoms with van der Waals surface area (Å²) in [6, 6.07) is 6.52. The zero-order chi connectivity index (χ0) is 14.2. The first-order chi connectivity index (χ1) is 8.87. The molecular weight excluding hydrogens is 357 g/mol. The van der Waals surface area contributed by atoms with Crippen LogP contribution in [0.5, 0.6) is 0 Å². The smallest absolute Gasteiger partial charge is 0.261 e. The topological polar surface area (TPSA) is 79.3 Å². The zero-order valence-electron chi connectivity index (χ0n) is 9.10. The largest absolute Gasteiger partial charge is 0.389 e. The summed E-state index contributed by atoms with van der Waals surface area (Å²) in [5.41, 5.74) is 0.798. The molecule has 1 aliphatic heterocycles. The van der Waals surface area contributed by atoms with Gasteiger partial charge in [-0.1, -0.05) is 29.3 Å². The third-order valence-corrected chi connectivity index (χ3v) is 3.86. The molecule has 96 valence electrons. The standard InChI is InChI=1S/C11H4BrCl2N3O2/c12-11(17(18)19)4-7(5-15)10(16-11)6-1-2-8(13)9(14)3-6/h1-4H. The van der Waals surface area contributed by atoms with E-state index in [4.69, 9.17) is 28.5 Å². The third-order valence-electron chi connectivity index (χ3n) is 2.42. The first-order valence-electron chi connectivity index (χ1n) is 4.89. The number of rotatable bonds is 2. The third kappa shape index (κ3) is 2.50. The van der Waals surface area contributed by atoms with E-state index in [2.05, 4.69) is 20.9 Å². The summed E-state index contributed by atoms with van der Waals surface area (Å²) in [4.78, 5) is 14.2. The molecule has 0 aromatic heterocycles. The molecule has 0 saturated carbocycles. The first kappa shape index (κ1) is 14.0. The van der Waals surface area contributed by atoms with Crippen molar-refractivity contribution in [1.29, 1.82) is 5.26 Å². The number of nitrogens with zero attached hydrogens (tertiary/aromatic N) is 3. The number of hydrogen-bond donors (Lipinski definition) is 0. The second-order valence-corrected chi connectivity index (χ2v) is 5.63. The number of nitro groups is 1. The Balaban J connectivity index is 2.56. The summed E-state index contributed by atoms with van der Waals surface area (Å²) in [5.74, 6) is 0. The van der Waals surface area contributed by atoms with Crippen LogP contribution in [0.3, 0.4) is 0 Å². The maximum absolute atomic E-state index is 10.9. The SMILES string of the molecule is N#CC1=CC(Br)([N+](=O)[O-])N=C1c1ccc(Cl)c(Cl)c1. The Morgan fingerprint density at radius 2 is 2.11 bits per heavy atom. The maximum Gasteiger partial charge on any atom is 0.389 e. The van der Waals surface area contributed by atoms with Gasteiger partial charge in [0.05, 0.1) is 26.3 Å². The number of hydrogen-bond acceptors (Lipinski definition) is 4. The van der Waals surface area contributed by atoms with Crippen molar-refractivity contribution in [2.45, 2.75) is 4.57 Å². The second kappa shape index (κ2) is 4.93. The van der Waals surface area contributed by atoms with E-state index >= 15 is 0 Å². The molecule has 0 radical (unpaired) electrons. The van der Waals surface area contributed by atoms with Crippen molar-refractivity contribution >= 4 is 44.8 Å². The van der Waals surface area contributed by atoms with Gasteiger partial charge in [0, 0.05) is 27.6 Å². The Morgan fingerprint density at radius 1 is 1.42 bits per heavy atom. The minimum atomic E-state index is -1.81. The lowest BCUT2D eigenvalue weighted by Crippen LogP contribution is -2.24. The monoisotopic (exact) mass is 359 g/mol. The summed E-state index contributed by atoms with van der Waals surface area (Å²) in [6.45, 7) is 0. The molecule has 1 aromatic rings. The van der Waals surface area contributed by atoms with Gasteiger partial charge < -0.3 is 0 Å². The highest BCUT2D eigenvalue weighted by Crippen LogP contribution is 2.33. The van der Waals surface area contributed by atoms with Gasteiger partial charge >= 0.3 is 4.57 Å². The van der Waals surface area contributed by atoms with Gasteiger partial charge in [-0.2, -0.15) is 10.3 Å². The molecule has 0 aliphatic carbocycles. The van der Waals surface area contributed by atoms with Crippen molar-refractivity contribution in [3.63, 3.8) is 0 Å². The first-order valence-corrected chi connectivity index (χ1v) is 6.44. The summed E-state index contributed by atoms with van der Waals surface area (Å²) in [7, 11) is 0. The summed E-state index contributed by atoms with van der Waals surface area (Å²) in [6.07, 6.45) is 1.14. The van der Waals surface area contributed by atoms with Gasteiger partial charge in [-0.3, -0.25) is 10.1 Å². The number of nitriles is 1. The molecule has 5 nitrogen and oxygen atoms in total. The van der Waals surface area contributed by atoms with E-state index in [0.29, 0.717) is 10.6 Å². The van der Waals surface area contributed by atoms with Gasteiger partial charge in [0.25, 0.3) is 0 Å². The van der Waals surface area contributed by atoms with Crippen molar-refractivity contribution < 1.29 is 4.92 Å². The fraction of sp³-hybridized carbons (Fsp3) is 0.0909. The molecule has 1 aliphatic rings. The Bertz CT molecular complexity index is 681. The minimum absolute atomic E-state index is 0.104. The molecule has 0 spiro atoms. The number of alkyl halides is 1. The quantitative estimate of drug-likeness (QED) is 0.350. The maximum atomic E-state index is 10.9. The van der Waals surface area contributed by atoms with Crippen molar-refractivity contribution in [2.24, 2.45) is 4.99 Å². The molecule has 19 heavy (non-hydrogen) atoms. The lowest BCUT2D eigenvalue weighted by Gasteiger charge is -2.05. The van der Waals surface area contributed by atoms with Gasteiger partial charge in [-0.25, -0.2) is 0 Å². The highest BCUT2D eigenvalue weighted by atomic mass is 79.9. The molecule has 0 N–H and O–H groups in total. The molecule has 0 saturated heterocycles. The van der Waals surface area contributed by atoms with Gasteiger partial charge in [0.15, 0.2) is 0 Å².